The molecule has 1 rings (SSSR count). The van der Waals surface area contributed by atoms with E-state index in [4.69, 9.17) is 11.6 Å². The largest absolute Gasteiger partial charge is 0.236 e. The molecule has 0 aliphatic rings. The van der Waals surface area contributed by atoms with Gasteiger partial charge in [-0.15, -0.1) is 0 Å². The molecule has 1 unspecified atom stereocenters. The number of aromatic nitrogens is 2. The van der Waals surface area contributed by atoms with Crippen LogP contribution in [0.2, 0.25) is 5.02 Å². The van der Waals surface area contributed by atoms with E-state index in [1.54, 1.807) is 12.4 Å². The van der Waals surface area contributed by atoms with Crippen LogP contribution in [-0.4, -0.2) is 9.97 Å². The summed E-state index contributed by atoms with van der Waals surface area (Å²) < 4.78 is 0. The van der Waals surface area contributed by atoms with E-state index in [1.807, 2.05) is 0 Å². The average molecular weight is 147 g/mol. The van der Waals surface area contributed by atoms with Gasteiger partial charge in [0.25, 0.3) is 0 Å². The zero-order chi connectivity index (χ0) is 5.98. The van der Waals surface area contributed by atoms with E-state index in [0.29, 0.717) is 10.6 Å². The summed E-state index contributed by atoms with van der Waals surface area (Å²) in [6, 6.07) is 0. The quantitative estimate of drug-likeness (QED) is 0.502. The number of rotatable bonds is 0. The van der Waals surface area contributed by atoms with Gasteiger partial charge in [-0.05, 0) is 0 Å². The Balaban J connectivity index is 3.03. The van der Waals surface area contributed by atoms with Crippen LogP contribution in [0, 0.1) is 0 Å². The molecule has 0 amide bonds. The van der Waals surface area contributed by atoms with Crippen molar-refractivity contribution in [3.63, 3.8) is 0 Å². The van der Waals surface area contributed by atoms with E-state index in [0.717, 1.165) is 0 Å². The highest BCUT2D eigenvalue weighted by Gasteiger charge is 1.84. The Kier molecular flexibility index (Phi) is 1.77. The van der Waals surface area contributed by atoms with Crippen LogP contribution in [0.4, 0.5) is 0 Å². The average Bonchev–Trinajstić information content (AvgIpc) is 1.77. The summed E-state index contributed by atoms with van der Waals surface area (Å²) in [5.41, 5.74) is 0.661. The topological polar surface area (TPSA) is 25.8 Å². The summed E-state index contributed by atoms with van der Waals surface area (Å²) >= 11 is 5.48. The molecule has 42 valence electrons. The zero-order valence-electron chi connectivity index (χ0n) is 4.00. The first-order chi connectivity index (χ1) is 3.79. The van der Waals surface area contributed by atoms with E-state index in [9.17, 15) is 0 Å². The molecule has 0 aliphatic carbocycles. The molecule has 0 aromatic carbocycles. The maximum absolute atomic E-state index is 5.48. The molecular weight excluding hydrogens is 142 g/mol. The molecule has 0 fully saturated rings. The predicted octanol–water partition coefficient (Wildman–Crippen LogP) is 0.630. The minimum atomic E-state index is 0.566. The Bertz CT molecular complexity index is 153. The van der Waals surface area contributed by atoms with Gasteiger partial charge in [0.05, 0.1) is 5.02 Å². The summed E-state index contributed by atoms with van der Waals surface area (Å²) in [6.45, 7) is 0. The Morgan fingerprint density at radius 1 is 1.38 bits per heavy atom. The lowest BCUT2D eigenvalue weighted by molar-refractivity contribution is 1.24. The SMILES string of the molecule is Pc1ncc(Cl)cn1. The van der Waals surface area contributed by atoms with Gasteiger partial charge in [0.15, 0.2) is 0 Å². The molecule has 8 heavy (non-hydrogen) atoms. The van der Waals surface area contributed by atoms with Crippen LogP contribution in [-0.2, 0) is 0 Å². The molecule has 2 nitrogen and oxygen atoms in total. The molecular formula is C4H4ClN2P. The molecule has 0 radical (unpaired) electrons. The fourth-order valence-corrected chi connectivity index (χ4v) is 0.569. The van der Waals surface area contributed by atoms with Crippen LogP contribution in [0.3, 0.4) is 0 Å². The summed E-state index contributed by atoms with van der Waals surface area (Å²) in [5, 5.41) is 0.566. The van der Waals surface area contributed by atoms with Gasteiger partial charge in [-0.2, -0.15) is 0 Å². The van der Waals surface area contributed by atoms with Crippen molar-refractivity contribution in [3.05, 3.63) is 17.4 Å². The second-order valence-electron chi connectivity index (χ2n) is 1.26. The summed E-state index contributed by atoms with van der Waals surface area (Å²) in [6.07, 6.45) is 3.10. The van der Waals surface area contributed by atoms with E-state index in [2.05, 4.69) is 19.2 Å². The third kappa shape index (κ3) is 1.39. The lowest BCUT2D eigenvalue weighted by Crippen LogP contribution is -2.00. The third-order valence-electron chi connectivity index (χ3n) is 0.640. The van der Waals surface area contributed by atoms with E-state index < -0.39 is 0 Å². The smallest absolute Gasteiger partial charge is 0.144 e. The van der Waals surface area contributed by atoms with Crippen molar-refractivity contribution < 1.29 is 0 Å². The second kappa shape index (κ2) is 2.38. The first kappa shape index (κ1) is 5.93. The highest BCUT2D eigenvalue weighted by atomic mass is 35.5. The first-order valence-electron chi connectivity index (χ1n) is 2.02. The number of nitrogens with zero attached hydrogens (tertiary/aromatic N) is 2. The van der Waals surface area contributed by atoms with Crippen molar-refractivity contribution in [2.75, 3.05) is 0 Å². The lowest BCUT2D eigenvalue weighted by Gasteiger charge is -1.86. The van der Waals surface area contributed by atoms with Crippen molar-refractivity contribution in [2.24, 2.45) is 0 Å². The molecule has 0 saturated carbocycles. The minimum absolute atomic E-state index is 0.566. The van der Waals surface area contributed by atoms with Gasteiger partial charge >= 0.3 is 0 Å². The third-order valence-corrected chi connectivity index (χ3v) is 1.13. The zero-order valence-corrected chi connectivity index (χ0v) is 5.92. The Morgan fingerprint density at radius 3 is 2.25 bits per heavy atom. The molecule has 0 aliphatic heterocycles. The normalized spacial score (nSPS) is 9.25. The second-order valence-corrected chi connectivity index (χ2v) is 2.21. The minimum Gasteiger partial charge on any atom is -0.236 e. The van der Waals surface area contributed by atoms with E-state index in [-0.39, 0.29) is 0 Å². The lowest BCUT2D eigenvalue weighted by atomic mass is 10.7. The van der Waals surface area contributed by atoms with Crippen molar-refractivity contribution in [3.8, 4) is 0 Å². The Labute approximate surface area is 54.5 Å². The van der Waals surface area contributed by atoms with Crippen molar-refractivity contribution >= 4 is 26.4 Å². The van der Waals surface area contributed by atoms with Gasteiger partial charge < -0.3 is 0 Å². The molecule has 0 saturated heterocycles. The number of hydrogen-bond acceptors (Lipinski definition) is 2. The molecule has 1 heterocycles. The van der Waals surface area contributed by atoms with Crippen LogP contribution in [0.1, 0.15) is 0 Å². The van der Waals surface area contributed by atoms with Crippen molar-refractivity contribution in [1.29, 1.82) is 0 Å². The van der Waals surface area contributed by atoms with Crippen LogP contribution < -0.4 is 5.57 Å². The van der Waals surface area contributed by atoms with Crippen LogP contribution in [0.5, 0.6) is 0 Å². The standard InChI is InChI=1S/C4H4ClN2P/c5-3-1-6-4(8)7-2-3/h1-2H,8H2. The van der Waals surface area contributed by atoms with Gasteiger partial charge in [-0.1, -0.05) is 20.8 Å². The molecule has 0 spiro atoms. The Hall–Kier alpha value is -0.200. The predicted molar refractivity (Wildman–Crippen MR) is 36.4 cm³/mol. The van der Waals surface area contributed by atoms with E-state index >= 15 is 0 Å². The maximum Gasteiger partial charge on any atom is 0.144 e. The highest BCUT2D eigenvalue weighted by Crippen LogP contribution is 1.99. The molecule has 1 atom stereocenters. The van der Waals surface area contributed by atoms with Gasteiger partial charge in [-0.25, -0.2) is 9.97 Å². The van der Waals surface area contributed by atoms with Crippen LogP contribution >= 0.6 is 20.8 Å². The first-order valence-corrected chi connectivity index (χ1v) is 2.97. The van der Waals surface area contributed by atoms with Crippen molar-refractivity contribution in [1.82, 2.24) is 9.97 Å². The monoisotopic (exact) mass is 146 g/mol. The molecule has 1 aromatic rings. The van der Waals surface area contributed by atoms with Gasteiger partial charge in [-0.3, -0.25) is 0 Å². The maximum atomic E-state index is 5.48. The fourth-order valence-electron chi connectivity index (χ4n) is 0.322. The highest BCUT2D eigenvalue weighted by molar-refractivity contribution is 7.26. The fraction of sp³-hybridized carbons (Fsp3) is 0. The summed E-state index contributed by atoms with van der Waals surface area (Å²) in [7, 11) is 2.37. The van der Waals surface area contributed by atoms with Crippen LogP contribution in [0.25, 0.3) is 0 Å². The molecule has 0 bridgehead atoms. The summed E-state index contributed by atoms with van der Waals surface area (Å²) in [4.78, 5) is 7.60. The van der Waals surface area contributed by atoms with Crippen LogP contribution in [0.15, 0.2) is 12.4 Å². The number of hydrogen-bond donors (Lipinski definition) is 0. The summed E-state index contributed by atoms with van der Waals surface area (Å²) in [5.74, 6) is 0. The molecule has 0 N–H and O–H groups in total. The Morgan fingerprint density at radius 2 is 1.88 bits per heavy atom. The van der Waals surface area contributed by atoms with Crippen molar-refractivity contribution in [2.45, 2.75) is 0 Å². The molecule has 1 aromatic heterocycles. The van der Waals surface area contributed by atoms with Gasteiger partial charge in [0.2, 0.25) is 0 Å². The number of halogens is 1. The van der Waals surface area contributed by atoms with Gasteiger partial charge in [0, 0.05) is 12.4 Å². The van der Waals surface area contributed by atoms with Gasteiger partial charge in [0.1, 0.15) is 5.57 Å². The van der Waals surface area contributed by atoms with E-state index in [1.165, 1.54) is 0 Å². The molecule has 4 heteroatoms.